The number of rotatable bonds is 4. The van der Waals surface area contributed by atoms with Crippen LogP contribution in [0, 0.1) is 12.7 Å². The maximum atomic E-state index is 13.4. The fourth-order valence-corrected chi connectivity index (χ4v) is 4.48. The molecule has 3 heterocycles. The first-order valence-electron chi connectivity index (χ1n) is 11.5. The number of hydrogen-bond acceptors (Lipinski definition) is 5. The van der Waals surface area contributed by atoms with E-state index in [1.54, 1.807) is 19.2 Å². The summed E-state index contributed by atoms with van der Waals surface area (Å²) >= 11 is 0. The highest BCUT2D eigenvalue weighted by Gasteiger charge is 2.27. The van der Waals surface area contributed by atoms with E-state index in [4.69, 9.17) is 9.73 Å². The Kier molecular flexibility index (Phi) is 5.92. The molecule has 174 valence electrons. The maximum absolute atomic E-state index is 13.4. The molecule has 5 rings (SSSR count). The van der Waals surface area contributed by atoms with Gasteiger partial charge in [0.15, 0.2) is 5.84 Å². The van der Waals surface area contributed by atoms with Gasteiger partial charge in [-0.05, 0) is 74.3 Å². The van der Waals surface area contributed by atoms with Gasteiger partial charge in [0, 0.05) is 24.7 Å². The van der Waals surface area contributed by atoms with E-state index in [-0.39, 0.29) is 5.82 Å². The molecule has 0 amide bonds. The molecule has 0 bridgehead atoms. The van der Waals surface area contributed by atoms with Crippen molar-refractivity contribution in [2.45, 2.75) is 33.1 Å². The molecule has 1 N–H and O–H groups in total. The number of halogens is 1. The zero-order chi connectivity index (χ0) is 23.7. The van der Waals surface area contributed by atoms with Gasteiger partial charge in [-0.2, -0.15) is 0 Å². The summed E-state index contributed by atoms with van der Waals surface area (Å²) in [6.45, 7) is 4.82. The van der Waals surface area contributed by atoms with Gasteiger partial charge in [-0.1, -0.05) is 12.2 Å². The van der Waals surface area contributed by atoms with Gasteiger partial charge >= 0.3 is 0 Å². The first kappa shape index (κ1) is 21.9. The third kappa shape index (κ3) is 4.33. The molecule has 1 aromatic carbocycles. The topological polar surface area (TPSA) is 54.7 Å². The number of methoxy groups -OCH3 is 1. The molecule has 2 aliphatic heterocycles. The van der Waals surface area contributed by atoms with Crippen LogP contribution < -0.4 is 5.43 Å². The SMILES string of the molecule is COC1=C(n2cnc(C)c2)CC=CC(/C=C2\CCCN3NC(c4ccc(F)cc4)=C(C)N=C23)=C1. The van der Waals surface area contributed by atoms with E-state index in [0.717, 1.165) is 71.3 Å². The monoisotopic (exact) mass is 457 g/mol. The van der Waals surface area contributed by atoms with Crippen molar-refractivity contribution in [1.29, 1.82) is 0 Å². The van der Waals surface area contributed by atoms with E-state index in [0.29, 0.717) is 0 Å². The Morgan fingerprint density at radius 2 is 2.00 bits per heavy atom. The number of aromatic nitrogens is 2. The Morgan fingerprint density at radius 3 is 2.74 bits per heavy atom. The fraction of sp³-hybridized carbons (Fsp3) is 0.259. The summed E-state index contributed by atoms with van der Waals surface area (Å²) in [5.74, 6) is 1.51. The minimum absolute atomic E-state index is 0.245. The van der Waals surface area contributed by atoms with Gasteiger partial charge in [-0.3, -0.25) is 10.4 Å². The van der Waals surface area contributed by atoms with E-state index < -0.39 is 0 Å². The lowest BCUT2D eigenvalue weighted by Crippen LogP contribution is -2.48. The first-order chi connectivity index (χ1) is 16.5. The number of allylic oxidation sites excluding steroid dienone is 7. The summed E-state index contributed by atoms with van der Waals surface area (Å²) in [4.78, 5) is 9.30. The number of aliphatic imine (C=N–C) groups is 1. The molecule has 0 radical (unpaired) electrons. The van der Waals surface area contributed by atoms with Gasteiger partial charge in [0.1, 0.15) is 11.6 Å². The van der Waals surface area contributed by atoms with E-state index in [2.05, 4.69) is 39.7 Å². The number of hydrazine groups is 1. The number of fused-ring (bicyclic) bond motifs is 1. The molecule has 3 aliphatic rings. The number of nitrogens with zero attached hydrogens (tertiary/aromatic N) is 4. The second-order valence-electron chi connectivity index (χ2n) is 8.63. The summed E-state index contributed by atoms with van der Waals surface area (Å²) in [5.41, 5.74) is 10.5. The number of benzene rings is 1. The molecule has 2 aromatic rings. The van der Waals surface area contributed by atoms with Gasteiger partial charge < -0.3 is 9.30 Å². The molecular weight excluding hydrogens is 429 g/mol. The lowest BCUT2D eigenvalue weighted by molar-refractivity contribution is 0.306. The van der Waals surface area contributed by atoms with Crippen LogP contribution in [0.2, 0.25) is 0 Å². The minimum atomic E-state index is -0.245. The molecule has 1 fully saturated rings. The number of nitrogens with one attached hydrogen (secondary N) is 1. The molecule has 7 heteroatoms. The van der Waals surface area contributed by atoms with Crippen molar-refractivity contribution in [2.75, 3.05) is 13.7 Å². The number of aryl methyl sites for hydroxylation is 1. The van der Waals surface area contributed by atoms with Crippen molar-refractivity contribution in [3.05, 3.63) is 101 Å². The molecular formula is C27H28FN5O. The van der Waals surface area contributed by atoms with Crippen LogP contribution in [-0.4, -0.2) is 34.1 Å². The third-order valence-electron chi connectivity index (χ3n) is 6.17. The van der Waals surface area contributed by atoms with Crippen LogP contribution >= 0.6 is 0 Å². The standard InChI is InChI=1S/C27H28FN5O/c1-18-16-32(17-29-18)24-8-4-6-20(15-25(24)34-3)14-22-7-5-13-33-27(22)30-19(2)26(31-33)21-9-11-23(28)12-10-21/h4,6,9-12,14-17,31H,5,7-8,13H2,1-3H3/b22-14+. The van der Waals surface area contributed by atoms with E-state index in [9.17, 15) is 4.39 Å². The fourth-order valence-electron chi connectivity index (χ4n) is 4.48. The molecule has 34 heavy (non-hydrogen) atoms. The second-order valence-corrected chi connectivity index (χ2v) is 8.63. The van der Waals surface area contributed by atoms with Crippen LogP contribution in [0.15, 0.2) is 88.7 Å². The summed E-state index contributed by atoms with van der Waals surface area (Å²) < 4.78 is 21.2. The van der Waals surface area contributed by atoms with Gasteiger partial charge in [-0.25, -0.2) is 14.4 Å². The number of ether oxygens (including phenoxy) is 1. The molecule has 0 unspecified atom stereocenters. The molecule has 1 aromatic heterocycles. The Bertz CT molecular complexity index is 1290. The molecule has 1 aliphatic carbocycles. The van der Waals surface area contributed by atoms with Crippen molar-refractivity contribution in [1.82, 2.24) is 20.0 Å². The normalized spacial score (nSPS) is 19.5. The van der Waals surface area contributed by atoms with Crippen molar-refractivity contribution in [3.8, 4) is 0 Å². The van der Waals surface area contributed by atoms with Crippen LogP contribution in [0.1, 0.15) is 37.4 Å². The highest BCUT2D eigenvalue weighted by molar-refractivity contribution is 6.01. The zero-order valence-electron chi connectivity index (χ0n) is 19.7. The zero-order valence-corrected chi connectivity index (χ0v) is 19.7. The first-order valence-corrected chi connectivity index (χ1v) is 11.5. The Labute approximate surface area is 199 Å². The van der Waals surface area contributed by atoms with Gasteiger partial charge in [0.25, 0.3) is 0 Å². The lowest BCUT2D eigenvalue weighted by Gasteiger charge is -2.37. The number of piperidine rings is 1. The van der Waals surface area contributed by atoms with E-state index in [1.165, 1.54) is 17.7 Å². The molecule has 0 atom stereocenters. The Balaban J connectivity index is 1.50. The van der Waals surface area contributed by atoms with Gasteiger partial charge in [-0.15, -0.1) is 0 Å². The molecule has 0 saturated carbocycles. The predicted octanol–water partition coefficient (Wildman–Crippen LogP) is 5.36. The van der Waals surface area contributed by atoms with E-state index >= 15 is 0 Å². The van der Waals surface area contributed by atoms with Crippen molar-refractivity contribution in [2.24, 2.45) is 4.99 Å². The Hall–Kier alpha value is -3.87. The van der Waals surface area contributed by atoms with Crippen molar-refractivity contribution < 1.29 is 9.13 Å². The quantitative estimate of drug-likeness (QED) is 0.672. The van der Waals surface area contributed by atoms with Gasteiger partial charge in [0.2, 0.25) is 0 Å². The maximum Gasteiger partial charge on any atom is 0.150 e. The molecule has 1 saturated heterocycles. The summed E-state index contributed by atoms with van der Waals surface area (Å²) in [7, 11) is 1.70. The second kappa shape index (κ2) is 9.17. The minimum Gasteiger partial charge on any atom is -0.495 e. The summed E-state index contributed by atoms with van der Waals surface area (Å²) in [6, 6.07) is 6.51. The predicted molar refractivity (Wildman–Crippen MR) is 133 cm³/mol. The third-order valence-corrected chi connectivity index (χ3v) is 6.17. The van der Waals surface area contributed by atoms with Crippen molar-refractivity contribution >= 4 is 17.2 Å². The van der Waals surface area contributed by atoms with Crippen LogP contribution in [0.25, 0.3) is 11.4 Å². The van der Waals surface area contributed by atoms with Crippen LogP contribution in [0.5, 0.6) is 0 Å². The van der Waals surface area contributed by atoms with Crippen LogP contribution in [-0.2, 0) is 4.74 Å². The number of amidine groups is 1. The van der Waals surface area contributed by atoms with E-state index in [1.807, 2.05) is 30.9 Å². The smallest absolute Gasteiger partial charge is 0.150 e. The van der Waals surface area contributed by atoms with Crippen LogP contribution in [0.4, 0.5) is 4.39 Å². The number of imidazole rings is 1. The number of hydrogen-bond donors (Lipinski definition) is 1. The van der Waals surface area contributed by atoms with Crippen molar-refractivity contribution in [3.63, 3.8) is 0 Å². The average Bonchev–Trinajstić information content (AvgIpc) is 3.16. The summed E-state index contributed by atoms with van der Waals surface area (Å²) in [5, 5.41) is 2.09. The highest BCUT2D eigenvalue weighted by Crippen LogP contribution is 2.30. The highest BCUT2D eigenvalue weighted by atomic mass is 19.1. The van der Waals surface area contributed by atoms with Gasteiger partial charge in [0.05, 0.1) is 36.2 Å². The Morgan fingerprint density at radius 1 is 1.18 bits per heavy atom. The summed E-state index contributed by atoms with van der Waals surface area (Å²) in [6.07, 6.45) is 15.1. The molecule has 6 nitrogen and oxygen atoms in total. The molecule has 0 spiro atoms. The lowest BCUT2D eigenvalue weighted by atomic mass is 10.00. The average molecular weight is 458 g/mol. The van der Waals surface area contributed by atoms with Crippen LogP contribution in [0.3, 0.4) is 0 Å². The largest absolute Gasteiger partial charge is 0.495 e.